The van der Waals surface area contributed by atoms with E-state index in [1.54, 1.807) is 56.3 Å². The summed E-state index contributed by atoms with van der Waals surface area (Å²) in [6.45, 7) is 3.21. The van der Waals surface area contributed by atoms with Gasteiger partial charge in [-0.15, -0.1) is 0 Å². The van der Waals surface area contributed by atoms with Crippen molar-refractivity contribution in [3.63, 3.8) is 0 Å². The molecule has 2 atom stereocenters. The van der Waals surface area contributed by atoms with Crippen molar-refractivity contribution in [2.24, 2.45) is 11.8 Å². The van der Waals surface area contributed by atoms with Crippen molar-refractivity contribution in [2.45, 2.75) is 44.8 Å². The number of ether oxygens (including phenoxy) is 3. The maximum atomic E-state index is 12.6. The molecule has 2 aromatic rings. The highest BCUT2D eigenvalue weighted by Gasteiger charge is 2.59. The minimum Gasteiger partial charge on any atom is -0.457 e. The first-order chi connectivity index (χ1) is 17.7. The lowest BCUT2D eigenvalue weighted by atomic mass is 9.92. The lowest BCUT2D eigenvalue weighted by Gasteiger charge is -2.22. The molecule has 38 heavy (non-hydrogen) atoms. The number of hydrogen-bond acceptors (Lipinski definition) is 6. The molecule has 0 saturated carbocycles. The fourth-order valence-electron chi connectivity index (χ4n) is 3.11. The van der Waals surface area contributed by atoms with Crippen LogP contribution in [0.15, 0.2) is 66.7 Å². The van der Waals surface area contributed by atoms with E-state index in [2.05, 4.69) is 4.74 Å². The Labute approximate surface area is 214 Å². The van der Waals surface area contributed by atoms with E-state index in [1.807, 2.05) is 6.07 Å². The summed E-state index contributed by atoms with van der Waals surface area (Å²) < 4.78 is 90.0. The number of nitrogens with zero attached hydrogens (tertiary/aromatic N) is 1. The maximum absolute atomic E-state index is 12.6. The highest BCUT2D eigenvalue weighted by molar-refractivity contribution is 5.82. The number of allylic oxidation sites excluding steroid dienone is 1. The van der Waals surface area contributed by atoms with Gasteiger partial charge in [0.25, 0.3) is 6.10 Å². The van der Waals surface area contributed by atoms with E-state index in [9.17, 15) is 41.2 Å². The van der Waals surface area contributed by atoms with E-state index in [0.29, 0.717) is 23.1 Å². The van der Waals surface area contributed by atoms with Crippen LogP contribution < -0.4 is 4.74 Å². The van der Waals surface area contributed by atoms with Gasteiger partial charge in [0, 0.05) is 11.6 Å². The molecule has 2 unspecified atom stereocenters. The fraction of sp³-hybridized carbons (Fsp3) is 0.346. The second kappa shape index (κ2) is 13.0. The van der Waals surface area contributed by atoms with Crippen LogP contribution in [-0.4, -0.2) is 30.4 Å². The predicted octanol–water partition coefficient (Wildman–Crippen LogP) is 6.84. The van der Waals surface area contributed by atoms with Gasteiger partial charge in [0.15, 0.2) is 0 Å². The van der Waals surface area contributed by atoms with E-state index >= 15 is 0 Å². The zero-order chi connectivity index (χ0) is 28.5. The molecule has 2 rings (SSSR count). The number of alkyl halides is 6. The fourth-order valence-corrected chi connectivity index (χ4v) is 3.11. The number of esters is 2. The molecule has 0 spiro atoms. The molecular formula is C26H23F6NO5. The lowest BCUT2D eigenvalue weighted by molar-refractivity contribution is -0.312. The lowest BCUT2D eigenvalue weighted by Crippen LogP contribution is -2.45. The monoisotopic (exact) mass is 543 g/mol. The molecule has 204 valence electrons. The summed E-state index contributed by atoms with van der Waals surface area (Å²) in [6.07, 6.45) is -16.4. The molecule has 0 radical (unpaired) electrons. The molecule has 0 amide bonds. The van der Waals surface area contributed by atoms with Crippen LogP contribution in [0, 0.1) is 23.2 Å². The molecular weight excluding hydrogens is 520 g/mol. The Morgan fingerprint density at radius 3 is 2.08 bits per heavy atom. The van der Waals surface area contributed by atoms with Crippen LogP contribution in [0.5, 0.6) is 11.5 Å². The molecule has 6 nitrogen and oxygen atoms in total. The largest absolute Gasteiger partial charge is 0.457 e. The summed E-state index contributed by atoms with van der Waals surface area (Å²) in [4.78, 5) is 24.2. The van der Waals surface area contributed by atoms with Gasteiger partial charge in [0.05, 0.1) is 6.42 Å². The van der Waals surface area contributed by atoms with Crippen molar-refractivity contribution in [1.82, 2.24) is 0 Å². The Balaban J connectivity index is 2.06. The summed E-state index contributed by atoms with van der Waals surface area (Å²) in [5, 5.41) is 9.52. The molecule has 0 aromatic heterocycles. The first-order valence-electron chi connectivity index (χ1n) is 11.1. The quantitative estimate of drug-likeness (QED) is 0.185. The van der Waals surface area contributed by atoms with Crippen LogP contribution in [-0.2, 0) is 19.1 Å². The second-order valence-electron chi connectivity index (χ2n) is 8.36. The predicted molar refractivity (Wildman–Crippen MR) is 121 cm³/mol. The molecule has 0 N–H and O–H groups in total. The average molecular weight is 543 g/mol. The Hall–Kier alpha value is -4.01. The van der Waals surface area contributed by atoms with Gasteiger partial charge in [0.2, 0.25) is 6.10 Å². The Morgan fingerprint density at radius 2 is 1.53 bits per heavy atom. The molecule has 0 aliphatic rings. The van der Waals surface area contributed by atoms with Crippen molar-refractivity contribution in [3.8, 4) is 17.6 Å². The van der Waals surface area contributed by atoms with Gasteiger partial charge in [-0.05, 0) is 36.1 Å². The van der Waals surface area contributed by atoms with Crippen LogP contribution in [0.25, 0.3) is 0 Å². The molecule has 0 heterocycles. The second-order valence-corrected chi connectivity index (χ2v) is 8.36. The SMILES string of the molecule is CC(C)C(/C=C/C(=O)OC(C(F)(F)F)C(F)(F)F)CC(=O)OC(C#N)c1cccc(Oc2ccccc2)c1. The summed E-state index contributed by atoms with van der Waals surface area (Å²) in [6, 6.07) is 16.9. The number of para-hydroxylation sites is 1. The van der Waals surface area contributed by atoms with Crippen molar-refractivity contribution in [3.05, 3.63) is 72.3 Å². The van der Waals surface area contributed by atoms with Crippen LogP contribution in [0.2, 0.25) is 0 Å². The summed E-state index contributed by atoms with van der Waals surface area (Å²) in [7, 11) is 0. The van der Waals surface area contributed by atoms with Crippen LogP contribution in [0.4, 0.5) is 26.3 Å². The number of benzene rings is 2. The third-order valence-corrected chi connectivity index (χ3v) is 5.07. The van der Waals surface area contributed by atoms with E-state index in [1.165, 1.54) is 12.1 Å². The van der Waals surface area contributed by atoms with E-state index < -0.39 is 48.8 Å². The summed E-state index contributed by atoms with van der Waals surface area (Å²) in [5.41, 5.74) is 0.305. The van der Waals surface area contributed by atoms with Crippen molar-refractivity contribution < 1.29 is 50.1 Å². The molecule has 0 fully saturated rings. The standard InChI is InChI=1S/C26H23F6NO5/c1-16(2)17(11-12-22(34)38-24(25(27,28)29)26(30,31)32)14-23(35)37-21(15-33)18-7-6-10-20(13-18)36-19-8-4-3-5-9-19/h3-13,16-17,21,24H,14H2,1-2H3/b12-11+. The number of nitriles is 1. The highest BCUT2D eigenvalue weighted by Crippen LogP contribution is 2.36. The highest BCUT2D eigenvalue weighted by atomic mass is 19.4. The van der Waals surface area contributed by atoms with Crippen molar-refractivity contribution in [1.29, 1.82) is 5.26 Å². The Bertz CT molecular complexity index is 1140. The molecule has 0 saturated heterocycles. The minimum absolute atomic E-state index is 0.305. The number of carbonyl (C=O) groups excluding carboxylic acids is 2. The summed E-state index contributed by atoms with van der Waals surface area (Å²) >= 11 is 0. The average Bonchev–Trinajstić information content (AvgIpc) is 2.82. The molecule has 0 aliphatic heterocycles. The normalized spacial score (nSPS) is 13.7. The van der Waals surface area contributed by atoms with Crippen LogP contribution in [0.1, 0.15) is 31.9 Å². The topological polar surface area (TPSA) is 85.6 Å². The number of halogens is 6. The van der Waals surface area contributed by atoms with E-state index in [-0.39, 0.29) is 5.92 Å². The van der Waals surface area contributed by atoms with Gasteiger partial charge in [-0.1, -0.05) is 50.3 Å². The van der Waals surface area contributed by atoms with Crippen molar-refractivity contribution >= 4 is 11.9 Å². The van der Waals surface area contributed by atoms with Crippen LogP contribution in [0.3, 0.4) is 0 Å². The first kappa shape index (κ1) is 30.2. The number of carbonyl (C=O) groups is 2. The smallest absolute Gasteiger partial charge is 0.434 e. The number of rotatable bonds is 10. The molecule has 0 aliphatic carbocycles. The maximum Gasteiger partial charge on any atom is 0.434 e. The van der Waals surface area contributed by atoms with Gasteiger partial charge >= 0.3 is 24.3 Å². The first-order valence-corrected chi connectivity index (χ1v) is 11.1. The minimum atomic E-state index is -5.85. The molecule has 0 bridgehead atoms. The third kappa shape index (κ3) is 9.46. The van der Waals surface area contributed by atoms with Gasteiger partial charge in [0.1, 0.15) is 17.6 Å². The Kier molecular flexibility index (Phi) is 10.3. The third-order valence-electron chi connectivity index (χ3n) is 5.07. The number of hydrogen-bond donors (Lipinski definition) is 0. The summed E-state index contributed by atoms with van der Waals surface area (Å²) in [5.74, 6) is -3.05. The van der Waals surface area contributed by atoms with Crippen molar-refractivity contribution in [2.75, 3.05) is 0 Å². The zero-order valence-electron chi connectivity index (χ0n) is 20.1. The van der Waals surface area contributed by atoms with Crippen LogP contribution >= 0.6 is 0 Å². The van der Waals surface area contributed by atoms with E-state index in [0.717, 1.165) is 6.08 Å². The van der Waals surface area contributed by atoms with Gasteiger partial charge in [-0.2, -0.15) is 31.6 Å². The van der Waals surface area contributed by atoms with Gasteiger partial charge in [-0.3, -0.25) is 4.79 Å². The zero-order valence-corrected chi connectivity index (χ0v) is 20.1. The molecule has 2 aromatic carbocycles. The van der Waals surface area contributed by atoms with E-state index in [4.69, 9.17) is 9.47 Å². The Morgan fingerprint density at radius 1 is 0.921 bits per heavy atom. The van der Waals surface area contributed by atoms with Gasteiger partial charge in [-0.25, -0.2) is 4.79 Å². The van der Waals surface area contributed by atoms with Gasteiger partial charge < -0.3 is 14.2 Å². The molecule has 12 heteroatoms.